The van der Waals surface area contributed by atoms with Crippen molar-refractivity contribution in [2.75, 3.05) is 0 Å². The lowest BCUT2D eigenvalue weighted by Crippen LogP contribution is -1.81. The van der Waals surface area contributed by atoms with E-state index in [9.17, 15) is 0 Å². The van der Waals surface area contributed by atoms with E-state index in [-0.39, 0.29) is 0 Å². The molecule has 0 spiro atoms. The van der Waals surface area contributed by atoms with Crippen LogP contribution in [0.4, 0.5) is 0 Å². The zero-order chi connectivity index (χ0) is 8.15. The molecule has 0 rings (SSSR count). The monoisotopic (exact) mass is 158 g/mol. The molecule has 0 aromatic carbocycles. The summed E-state index contributed by atoms with van der Waals surface area (Å²) >= 11 is 5.93. The predicted octanol–water partition coefficient (Wildman–Crippen LogP) is 3.88. The molecule has 0 amide bonds. The van der Waals surface area contributed by atoms with Gasteiger partial charge in [-0.2, -0.15) is 0 Å². The van der Waals surface area contributed by atoms with E-state index in [0.717, 1.165) is 11.5 Å². The van der Waals surface area contributed by atoms with Gasteiger partial charge in [0.15, 0.2) is 0 Å². The first-order valence-electron chi connectivity index (χ1n) is 3.62. The van der Waals surface area contributed by atoms with E-state index in [2.05, 4.69) is 26.8 Å². The Kier molecular flexibility index (Phi) is 4.46. The Balaban J connectivity index is 4.46. The van der Waals surface area contributed by atoms with E-state index < -0.39 is 0 Å². The zero-order valence-corrected chi connectivity index (χ0v) is 7.92. The summed E-state index contributed by atoms with van der Waals surface area (Å²) in [6.07, 6.45) is 3.01. The second-order valence-corrected chi connectivity index (χ2v) is 2.81. The van der Waals surface area contributed by atoms with Gasteiger partial charge in [-0.05, 0) is 32.8 Å². The van der Waals surface area contributed by atoms with Crippen LogP contribution in [0.5, 0.6) is 0 Å². The maximum absolute atomic E-state index is 5.93. The summed E-state index contributed by atoms with van der Waals surface area (Å²) in [6, 6.07) is 0. The third kappa shape index (κ3) is 2.57. The van der Waals surface area contributed by atoms with Crippen molar-refractivity contribution in [3.63, 3.8) is 0 Å². The summed E-state index contributed by atoms with van der Waals surface area (Å²) in [5.74, 6) is 0. The molecule has 10 heavy (non-hydrogen) atoms. The maximum Gasteiger partial charge on any atom is 0.0209 e. The first-order valence-corrected chi connectivity index (χ1v) is 3.99. The minimum atomic E-state index is 0.929. The summed E-state index contributed by atoms with van der Waals surface area (Å²) in [6.45, 7) is 8.22. The first-order chi connectivity index (χ1) is 4.63. The molecule has 0 aromatic heterocycles. The highest BCUT2D eigenvalue weighted by atomic mass is 35.5. The summed E-state index contributed by atoms with van der Waals surface area (Å²) in [7, 11) is 0. The Morgan fingerprint density at radius 2 is 1.90 bits per heavy atom. The Morgan fingerprint density at radius 1 is 1.40 bits per heavy atom. The quantitative estimate of drug-likeness (QED) is 0.536. The highest BCUT2D eigenvalue weighted by molar-refractivity contribution is 6.30. The lowest BCUT2D eigenvalue weighted by Gasteiger charge is -2.02. The fourth-order valence-electron chi connectivity index (χ4n) is 0.696. The minimum absolute atomic E-state index is 0.929. The minimum Gasteiger partial charge on any atom is -0.0889 e. The molecule has 0 saturated heterocycles. The van der Waals surface area contributed by atoms with Gasteiger partial charge in [0.2, 0.25) is 0 Å². The van der Waals surface area contributed by atoms with E-state index in [1.54, 1.807) is 0 Å². The summed E-state index contributed by atoms with van der Waals surface area (Å²) in [4.78, 5) is 0. The fraction of sp³-hybridized carbons (Fsp3) is 0.556. The van der Waals surface area contributed by atoms with E-state index >= 15 is 0 Å². The lowest BCUT2D eigenvalue weighted by atomic mass is 10.1. The van der Waals surface area contributed by atoms with Crippen LogP contribution in [0.2, 0.25) is 0 Å². The fourth-order valence-corrected chi connectivity index (χ4v) is 0.845. The highest BCUT2D eigenvalue weighted by Gasteiger charge is 1.96. The molecule has 0 aromatic rings. The number of hydrogen-bond donors (Lipinski definition) is 0. The molecule has 0 unspecified atom stereocenters. The van der Waals surface area contributed by atoms with Crippen LogP contribution in [-0.2, 0) is 0 Å². The van der Waals surface area contributed by atoms with E-state index in [1.165, 1.54) is 11.1 Å². The smallest absolute Gasteiger partial charge is 0.0209 e. The van der Waals surface area contributed by atoms with Crippen molar-refractivity contribution >= 4 is 11.6 Å². The average Bonchev–Trinajstić information content (AvgIpc) is 2.00. The Morgan fingerprint density at radius 3 is 2.20 bits per heavy atom. The molecule has 0 aliphatic heterocycles. The Bertz CT molecular complexity index is 164. The average molecular weight is 159 g/mol. The van der Waals surface area contributed by atoms with Crippen LogP contribution in [0.25, 0.3) is 0 Å². The van der Waals surface area contributed by atoms with Crippen molar-refractivity contribution in [1.29, 1.82) is 0 Å². The standard InChI is InChI=1S/C9H15Cl/c1-5-7(3)8(4)9(10)6-2/h5H,6H2,1-4H3/b7-5+,9-8+. The normalized spacial score (nSPS) is 15.1. The number of rotatable bonds is 2. The van der Waals surface area contributed by atoms with Crippen molar-refractivity contribution in [1.82, 2.24) is 0 Å². The van der Waals surface area contributed by atoms with Crippen LogP contribution in [0.15, 0.2) is 22.3 Å². The summed E-state index contributed by atoms with van der Waals surface area (Å²) < 4.78 is 0. The van der Waals surface area contributed by atoms with Crippen LogP contribution in [-0.4, -0.2) is 0 Å². The lowest BCUT2D eigenvalue weighted by molar-refractivity contribution is 1.14. The third-order valence-electron chi connectivity index (χ3n) is 1.74. The van der Waals surface area contributed by atoms with Gasteiger partial charge < -0.3 is 0 Å². The van der Waals surface area contributed by atoms with Crippen LogP contribution < -0.4 is 0 Å². The van der Waals surface area contributed by atoms with Gasteiger partial charge in [0, 0.05) is 5.03 Å². The largest absolute Gasteiger partial charge is 0.0889 e. The van der Waals surface area contributed by atoms with Gasteiger partial charge in [0.05, 0.1) is 0 Å². The van der Waals surface area contributed by atoms with Gasteiger partial charge in [-0.3, -0.25) is 0 Å². The third-order valence-corrected chi connectivity index (χ3v) is 2.29. The van der Waals surface area contributed by atoms with Crippen LogP contribution in [0.1, 0.15) is 34.1 Å². The van der Waals surface area contributed by atoms with Crippen molar-refractivity contribution < 1.29 is 0 Å². The second-order valence-electron chi connectivity index (χ2n) is 2.36. The van der Waals surface area contributed by atoms with Gasteiger partial charge in [-0.1, -0.05) is 30.2 Å². The van der Waals surface area contributed by atoms with Gasteiger partial charge in [-0.15, -0.1) is 0 Å². The molecule has 0 heterocycles. The predicted molar refractivity (Wildman–Crippen MR) is 48.3 cm³/mol. The molecule has 0 N–H and O–H groups in total. The highest BCUT2D eigenvalue weighted by Crippen LogP contribution is 2.19. The summed E-state index contributed by atoms with van der Waals surface area (Å²) in [5.41, 5.74) is 2.48. The van der Waals surface area contributed by atoms with E-state index in [0.29, 0.717) is 0 Å². The molecule has 0 radical (unpaired) electrons. The van der Waals surface area contributed by atoms with E-state index in [1.807, 2.05) is 6.92 Å². The van der Waals surface area contributed by atoms with Crippen LogP contribution >= 0.6 is 11.6 Å². The van der Waals surface area contributed by atoms with E-state index in [4.69, 9.17) is 11.6 Å². The van der Waals surface area contributed by atoms with Gasteiger partial charge in [0.1, 0.15) is 0 Å². The first kappa shape index (κ1) is 9.77. The topological polar surface area (TPSA) is 0 Å². The van der Waals surface area contributed by atoms with Crippen molar-refractivity contribution in [2.45, 2.75) is 34.1 Å². The zero-order valence-electron chi connectivity index (χ0n) is 7.16. The molecule has 0 aliphatic carbocycles. The molecule has 0 bridgehead atoms. The van der Waals surface area contributed by atoms with Gasteiger partial charge in [-0.25, -0.2) is 0 Å². The molecule has 0 saturated carbocycles. The number of hydrogen-bond acceptors (Lipinski definition) is 0. The second kappa shape index (κ2) is 4.56. The molecule has 0 fully saturated rings. The molecule has 0 nitrogen and oxygen atoms in total. The van der Waals surface area contributed by atoms with Crippen molar-refractivity contribution in [3.05, 3.63) is 22.3 Å². The number of allylic oxidation sites excluding steroid dienone is 4. The van der Waals surface area contributed by atoms with Crippen LogP contribution in [0.3, 0.4) is 0 Å². The van der Waals surface area contributed by atoms with Crippen molar-refractivity contribution in [3.8, 4) is 0 Å². The molecule has 1 heteroatoms. The van der Waals surface area contributed by atoms with Gasteiger partial charge in [0.25, 0.3) is 0 Å². The van der Waals surface area contributed by atoms with Crippen molar-refractivity contribution in [2.24, 2.45) is 0 Å². The van der Waals surface area contributed by atoms with Gasteiger partial charge >= 0.3 is 0 Å². The molecular formula is C9H15Cl. The maximum atomic E-state index is 5.93. The summed E-state index contributed by atoms with van der Waals surface area (Å²) in [5, 5.41) is 0.968. The Labute approximate surface area is 68.6 Å². The molecule has 0 aliphatic rings. The molecule has 0 atom stereocenters. The van der Waals surface area contributed by atoms with Crippen LogP contribution in [0, 0.1) is 0 Å². The Hall–Kier alpha value is -0.230. The molecule has 58 valence electrons. The molecular weight excluding hydrogens is 144 g/mol. The SMILES string of the molecule is C/C=C(C)/C(C)=C(/Cl)CC. The number of halogens is 1.